The molecule has 142 valence electrons. The number of aryl methyl sites for hydroxylation is 1. The summed E-state index contributed by atoms with van der Waals surface area (Å²) < 4.78 is 3.38. The molecule has 0 radical (unpaired) electrons. The van der Waals surface area contributed by atoms with Gasteiger partial charge in [-0.15, -0.1) is 0 Å². The van der Waals surface area contributed by atoms with Gasteiger partial charge in [-0.1, -0.05) is 37.8 Å². The predicted octanol–water partition coefficient (Wildman–Crippen LogP) is 4.13. The zero-order valence-electron chi connectivity index (χ0n) is 15.2. The summed E-state index contributed by atoms with van der Waals surface area (Å²) in [6.07, 6.45) is 10.4. The van der Waals surface area contributed by atoms with Crippen molar-refractivity contribution in [1.82, 2.24) is 10.0 Å². The molecular formula is C20H29N3O2S. The van der Waals surface area contributed by atoms with E-state index in [2.05, 4.69) is 34.3 Å². The monoisotopic (exact) mass is 375 g/mol. The van der Waals surface area contributed by atoms with E-state index in [4.69, 9.17) is 10.1 Å². The number of aliphatic imine (C=N–C) groups is 1. The van der Waals surface area contributed by atoms with Crippen LogP contribution in [0.2, 0.25) is 0 Å². The molecule has 0 amide bonds. The van der Waals surface area contributed by atoms with Crippen LogP contribution in [-0.4, -0.2) is 29.1 Å². The van der Waals surface area contributed by atoms with Crippen LogP contribution in [0.3, 0.4) is 0 Å². The molecule has 0 spiro atoms. The van der Waals surface area contributed by atoms with E-state index >= 15 is 0 Å². The lowest BCUT2D eigenvalue weighted by Gasteiger charge is -2.22. The Labute approximate surface area is 160 Å². The zero-order valence-corrected chi connectivity index (χ0v) is 16.1. The van der Waals surface area contributed by atoms with Gasteiger partial charge in [0.1, 0.15) is 0 Å². The molecule has 1 aromatic rings. The predicted molar refractivity (Wildman–Crippen MR) is 106 cm³/mol. The van der Waals surface area contributed by atoms with Gasteiger partial charge in [0.05, 0.1) is 12.1 Å². The summed E-state index contributed by atoms with van der Waals surface area (Å²) in [7, 11) is 0. The fourth-order valence-corrected chi connectivity index (χ4v) is 4.38. The highest BCUT2D eigenvalue weighted by molar-refractivity contribution is 7.98. The summed E-state index contributed by atoms with van der Waals surface area (Å²) in [5.74, 6) is 0.235. The SMILES string of the molecule is O=C(O)CCCCCCc1cccc(SNC2=NC3CCCCC3N2)c1. The van der Waals surface area contributed by atoms with E-state index in [9.17, 15) is 4.79 Å². The van der Waals surface area contributed by atoms with E-state index in [0.717, 1.165) is 38.1 Å². The van der Waals surface area contributed by atoms with Crippen LogP contribution in [0.25, 0.3) is 0 Å². The van der Waals surface area contributed by atoms with E-state index < -0.39 is 5.97 Å². The minimum absolute atomic E-state index is 0.289. The van der Waals surface area contributed by atoms with E-state index in [1.54, 1.807) is 11.9 Å². The van der Waals surface area contributed by atoms with E-state index in [-0.39, 0.29) is 6.42 Å². The molecule has 3 N–H and O–H groups in total. The van der Waals surface area contributed by atoms with Crippen LogP contribution in [0, 0.1) is 0 Å². The van der Waals surface area contributed by atoms with Crippen LogP contribution in [0.4, 0.5) is 0 Å². The number of aliphatic carboxylic acids is 1. The summed E-state index contributed by atoms with van der Waals surface area (Å²) in [6, 6.07) is 9.61. The summed E-state index contributed by atoms with van der Waals surface area (Å²) in [6.45, 7) is 0. The molecule has 2 atom stereocenters. The average molecular weight is 376 g/mol. The number of carboxylic acids is 1. The van der Waals surface area contributed by atoms with Gasteiger partial charge < -0.3 is 10.4 Å². The first-order valence-electron chi connectivity index (χ1n) is 9.78. The highest BCUT2D eigenvalue weighted by atomic mass is 32.2. The van der Waals surface area contributed by atoms with Crippen molar-refractivity contribution in [3.63, 3.8) is 0 Å². The van der Waals surface area contributed by atoms with Crippen molar-refractivity contribution in [1.29, 1.82) is 0 Å². The normalized spacial score (nSPS) is 21.6. The first-order valence-corrected chi connectivity index (χ1v) is 10.6. The zero-order chi connectivity index (χ0) is 18.2. The summed E-state index contributed by atoms with van der Waals surface area (Å²) >= 11 is 1.62. The minimum atomic E-state index is -0.692. The minimum Gasteiger partial charge on any atom is -0.481 e. The summed E-state index contributed by atoms with van der Waals surface area (Å²) in [4.78, 5) is 16.5. The fraction of sp³-hybridized carbons (Fsp3) is 0.600. The van der Waals surface area contributed by atoms with Gasteiger partial charge in [0.15, 0.2) is 0 Å². The highest BCUT2D eigenvalue weighted by Gasteiger charge is 2.30. The van der Waals surface area contributed by atoms with Gasteiger partial charge in [0, 0.05) is 11.3 Å². The van der Waals surface area contributed by atoms with Crippen LogP contribution in [0.5, 0.6) is 0 Å². The van der Waals surface area contributed by atoms with Crippen LogP contribution in [0.15, 0.2) is 34.2 Å². The van der Waals surface area contributed by atoms with Crippen molar-refractivity contribution >= 4 is 23.9 Å². The molecule has 0 aromatic heterocycles. The molecule has 1 saturated carbocycles. The number of unbranched alkanes of at least 4 members (excludes halogenated alkanes) is 3. The van der Waals surface area contributed by atoms with Gasteiger partial charge in [-0.25, -0.2) is 4.99 Å². The van der Waals surface area contributed by atoms with Gasteiger partial charge in [0.25, 0.3) is 0 Å². The topological polar surface area (TPSA) is 73.7 Å². The third-order valence-electron chi connectivity index (χ3n) is 5.12. The number of fused-ring (bicyclic) bond motifs is 1. The quantitative estimate of drug-likeness (QED) is 0.447. The lowest BCUT2D eigenvalue weighted by atomic mass is 9.92. The van der Waals surface area contributed by atoms with Crippen molar-refractivity contribution in [3.05, 3.63) is 29.8 Å². The molecule has 1 aromatic carbocycles. The van der Waals surface area contributed by atoms with Crippen molar-refractivity contribution < 1.29 is 9.90 Å². The third kappa shape index (κ3) is 5.94. The van der Waals surface area contributed by atoms with Gasteiger partial charge in [-0.05, 0) is 61.7 Å². The van der Waals surface area contributed by atoms with Crippen LogP contribution >= 0.6 is 11.9 Å². The van der Waals surface area contributed by atoms with Crippen molar-refractivity contribution in [2.75, 3.05) is 0 Å². The smallest absolute Gasteiger partial charge is 0.303 e. The van der Waals surface area contributed by atoms with Crippen LogP contribution in [-0.2, 0) is 11.2 Å². The fourth-order valence-electron chi connectivity index (χ4n) is 3.70. The van der Waals surface area contributed by atoms with Gasteiger partial charge in [0.2, 0.25) is 5.96 Å². The molecule has 6 heteroatoms. The maximum atomic E-state index is 10.5. The van der Waals surface area contributed by atoms with E-state index in [1.807, 2.05) is 0 Å². The Morgan fingerprint density at radius 3 is 2.92 bits per heavy atom. The molecule has 2 unspecified atom stereocenters. The van der Waals surface area contributed by atoms with E-state index in [0.29, 0.717) is 12.1 Å². The second kappa shape index (κ2) is 9.86. The van der Waals surface area contributed by atoms with Gasteiger partial charge in [-0.2, -0.15) is 0 Å². The molecule has 1 fully saturated rings. The average Bonchev–Trinajstić information content (AvgIpc) is 3.06. The molecule has 5 nitrogen and oxygen atoms in total. The van der Waals surface area contributed by atoms with Crippen LogP contribution < -0.4 is 10.0 Å². The van der Waals surface area contributed by atoms with Crippen molar-refractivity contribution in [2.24, 2.45) is 4.99 Å². The van der Waals surface area contributed by atoms with Gasteiger partial charge >= 0.3 is 5.97 Å². The summed E-state index contributed by atoms with van der Waals surface area (Å²) in [5, 5.41) is 12.2. The van der Waals surface area contributed by atoms with Crippen molar-refractivity contribution in [2.45, 2.75) is 81.2 Å². The molecule has 2 aliphatic rings. The number of hydrogen-bond acceptors (Lipinski definition) is 5. The Morgan fingerprint density at radius 2 is 2.08 bits per heavy atom. The molecule has 26 heavy (non-hydrogen) atoms. The summed E-state index contributed by atoms with van der Waals surface area (Å²) in [5.41, 5.74) is 1.34. The lowest BCUT2D eigenvalue weighted by molar-refractivity contribution is -0.137. The Balaban J connectivity index is 1.38. The molecule has 1 aliphatic heterocycles. The van der Waals surface area contributed by atoms with Crippen LogP contribution in [0.1, 0.15) is 63.4 Å². The lowest BCUT2D eigenvalue weighted by Crippen LogP contribution is -2.39. The highest BCUT2D eigenvalue weighted by Crippen LogP contribution is 2.25. The molecule has 1 aliphatic carbocycles. The number of guanidine groups is 1. The number of rotatable bonds is 9. The van der Waals surface area contributed by atoms with Gasteiger partial charge in [-0.3, -0.25) is 9.52 Å². The number of nitrogens with one attached hydrogen (secondary N) is 2. The first-order chi connectivity index (χ1) is 12.7. The molecule has 0 bridgehead atoms. The Hall–Kier alpha value is -1.69. The number of carbonyl (C=O) groups is 1. The number of carboxylic acid groups (broad SMARTS) is 1. The van der Waals surface area contributed by atoms with E-state index in [1.165, 1.54) is 36.1 Å². The first kappa shape index (κ1) is 19.1. The number of hydrogen-bond donors (Lipinski definition) is 3. The third-order valence-corrected chi connectivity index (χ3v) is 5.90. The molecule has 0 saturated heterocycles. The second-order valence-corrected chi connectivity index (χ2v) is 8.12. The van der Waals surface area contributed by atoms with Crippen molar-refractivity contribution in [3.8, 4) is 0 Å². The molecular weight excluding hydrogens is 346 g/mol. The molecule has 3 rings (SSSR count). The number of benzene rings is 1. The number of nitrogens with zero attached hydrogens (tertiary/aromatic N) is 1. The standard InChI is InChI=1S/C20H29N3O2S/c24-19(25)13-4-2-1-3-8-15-9-7-10-16(14-15)26-23-20-21-17-11-5-6-12-18(17)22-20/h7,9-10,14,17-18H,1-6,8,11-13H2,(H,24,25)(H2,21,22,23). The Morgan fingerprint density at radius 1 is 1.23 bits per heavy atom. The largest absolute Gasteiger partial charge is 0.481 e. The Bertz CT molecular complexity index is 635. The Kier molecular flexibility index (Phi) is 7.23. The molecule has 1 heterocycles. The maximum Gasteiger partial charge on any atom is 0.303 e. The second-order valence-electron chi connectivity index (χ2n) is 7.24. The maximum absolute atomic E-state index is 10.5.